The zero-order valence-corrected chi connectivity index (χ0v) is 15.6. The Labute approximate surface area is 158 Å². The predicted molar refractivity (Wildman–Crippen MR) is 95.2 cm³/mol. The Kier molecular flexibility index (Phi) is 4.78. The van der Waals surface area contributed by atoms with Gasteiger partial charge in [-0.25, -0.2) is 22.6 Å². The maximum absolute atomic E-state index is 12.2. The average Bonchev–Trinajstić information content (AvgIpc) is 3.26. The monoisotopic (exact) mass is 416 g/mol. The van der Waals surface area contributed by atoms with Gasteiger partial charge >= 0.3 is 6.18 Å². The number of alkyl halides is 3. The number of rotatable bonds is 5. The molecule has 0 unspecified atom stereocenters. The number of hydrogen-bond donors (Lipinski definition) is 2. The molecule has 1 fully saturated rings. The van der Waals surface area contributed by atoms with Crippen LogP contribution in [-0.4, -0.2) is 51.7 Å². The number of nitrogens with one attached hydrogen (secondary N) is 2. The first-order chi connectivity index (χ1) is 13.2. The average molecular weight is 416 g/mol. The van der Waals surface area contributed by atoms with Gasteiger partial charge in [0.25, 0.3) is 0 Å². The summed E-state index contributed by atoms with van der Waals surface area (Å²) in [4.78, 5) is 7.32. The summed E-state index contributed by atoms with van der Waals surface area (Å²) in [6.07, 6.45) is 1.47. The maximum atomic E-state index is 12.2. The van der Waals surface area contributed by atoms with E-state index in [4.69, 9.17) is 0 Å². The fourth-order valence-corrected chi connectivity index (χ4v) is 5.31. The van der Waals surface area contributed by atoms with Crippen LogP contribution in [0.2, 0.25) is 0 Å². The zero-order valence-electron chi connectivity index (χ0n) is 14.8. The third-order valence-corrected chi connectivity index (χ3v) is 6.67. The van der Waals surface area contributed by atoms with Crippen LogP contribution < -0.4 is 4.72 Å². The highest BCUT2D eigenvalue weighted by atomic mass is 32.2. The lowest BCUT2D eigenvalue weighted by Crippen LogP contribution is -2.37. The van der Waals surface area contributed by atoms with Gasteiger partial charge in [0.15, 0.2) is 0 Å². The van der Waals surface area contributed by atoms with E-state index in [1.54, 1.807) is 21.8 Å². The number of fused-ring (bicyclic) bond motifs is 3. The number of hydrogen-bond acceptors (Lipinski definition) is 5. The molecule has 0 saturated heterocycles. The molecule has 1 saturated carbocycles. The molecule has 0 bridgehead atoms. The Balaban J connectivity index is 1.44. The Morgan fingerprint density at radius 2 is 2.00 bits per heavy atom. The molecule has 1 aliphatic rings. The first-order valence-corrected chi connectivity index (χ1v) is 10.6. The van der Waals surface area contributed by atoms with Gasteiger partial charge in [-0.05, 0) is 37.7 Å². The van der Waals surface area contributed by atoms with E-state index in [2.05, 4.69) is 20.3 Å². The summed E-state index contributed by atoms with van der Waals surface area (Å²) in [5, 5.41) is 9.36. The molecular weight excluding hydrogens is 397 g/mol. The zero-order chi connectivity index (χ0) is 19.9. The highest BCUT2D eigenvalue weighted by Gasteiger charge is 2.32. The molecular formula is C16H19F3N6O2S. The number of aromatic nitrogens is 5. The minimum atomic E-state index is -4.56. The van der Waals surface area contributed by atoms with Gasteiger partial charge in [-0.15, -0.1) is 5.10 Å². The van der Waals surface area contributed by atoms with Crippen LogP contribution >= 0.6 is 0 Å². The minimum absolute atomic E-state index is 0.125. The van der Waals surface area contributed by atoms with Crippen LogP contribution in [0.25, 0.3) is 16.6 Å². The van der Waals surface area contributed by atoms with Gasteiger partial charge in [-0.3, -0.25) is 0 Å². The first-order valence-electron chi connectivity index (χ1n) is 8.93. The summed E-state index contributed by atoms with van der Waals surface area (Å²) in [6.45, 7) is -1.53. The Morgan fingerprint density at radius 3 is 2.71 bits per heavy atom. The van der Waals surface area contributed by atoms with Gasteiger partial charge in [0, 0.05) is 17.5 Å². The van der Waals surface area contributed by atoms with Crippen molar-refractivity contribution in [2.75, 3.05) is 12.3 Å². The summed E-state index contributed by atoms with van der Waals surface area (Å²) in [5.41, 5.74) is 2.48. The second-order valence-corrected chi connectivity index (χ2v) is 9.04. The molecule has 0 spiro atoms. The molecule has 3 heterocycles. The number of H-pyrrole nitrogens is 1. The molecule has 8 nitrogen and oxygen atoms in total. The second kappa shape index (κ2) is 6.99. The van der Waals surface area contributed by atoms with Crippen molar-refractivity contribution in [2.24, 2.45) is 5.92 Å². The number of halogens is 3. The van der Waals surface area contributed by atoms with Gasteiger partial charge in [0.1, 0.15) is 24.0 Å². The normalized spacial score (nSPS) is 21.5. The molecule has 0 radical (unpaired) electrons. The molecule has 4 rings (SSSR count). The fourth-order valence-electron chi connectivity index (χ4n) is 3.86. The van der Waals surface area contributed by atoms with Crippen LogP contribution in [0.15, 0.2) is 18.6 Å². The smallest absolute Gasteiger partial charge is 0.346 e. The van der Waals surface area contributed by atoms with E-state index in [9.17, 15) is 21.6 Å². The highest BCUT2D eigenvalue weighted by Crippen LogP contribution is 2.38. The summed E-state index contributed by atoms with van der Waals surface area (Å²) in [6, 6.07) is 1.91. The maximum Gasteiger partial charge on any atom is 0.402 e. The van der Waals surface area contributed by atoms with E-state index in [0.717, 1.165) is 22.2 Å². The quantitative estimate of drug-likeness (QED) is 0.664. The van der Waals surface area contributed by atoms with Gasteiger partial charge in [-0.2, -0.15) is 13.2 Å². The molecule has 28 heavy (non-hydrogen) atoms. The Hall–Kier alpha value is -2.21. The van der Waals surface area contributed by atoms with E-state index in [0.29, 0.717) is 25.7 Å². The van der Waals surface area contributed by atoms with Crippen molar-refractivity contribution >= 4 is 26.6 Å². The van der Waals surface area contributed by atoms with Crippen LogP contribution in [0.4, 0.5) is 13.2 Å². The van der Waals surface area contributed by atoms with Crippen LogP contribution in [0.1, 0.15) is 37.3 Å². The lowest BCUT2D eigenvalue weighted by molar-refractivity contribution is -0.121. The largest absolute Gasteiger partial charge is 0.402 e. The number of nitrogens with zero attached hydrogens (tertiary/aromatic N) is 4. The summed E-state index contributed by atoms with van der Waals surface area (Å²) < 4.78 is 63.8. The molecule has 2 N–H and O–H groups in total. The summed E-state index contributed by atoms with van der Waals surface area (Å²) >= 11 is 0. The van der Waals surface area contributed by atoms with E-state index in [-0.39, 0.29) is 17.6 Å². The van der Waals surface area contributed by atoms with Crippen LogP contribution in [-0.2, 0) is 10.0 Å². The van der Waals surface area contributed by atoms with Gasteiger partial charge in [0.05, 0.1) is 11.4 Å². The van der Waals surface area contributed by atoms with Crippen LogP contribution in [0.3, 0.4) is 0 Å². The van der Waals surface area contributed by atoms with Crippen molar-refractivity contribution < 1.29 is 21.6 Å². The van der Waals surface area contributed by atoms with Crippen LogP contribution in [0.5, 0.6) is 0 Å². The lowest BCUT2D eigenvalue weighted by Gasteiger charge is -2.27. The number of aromatic amines is 1. The molecule has 152 valence electrons. The molecule has 0 aromatic carbocycles. The van der Waals surface area contributed by atoms with Crippen molar-refractivity contribution in [3.63, 3.8) is 0 Å². The fraction of sp³-hybridized carbons (Fsp3) is 0.562. The van der Waals surface area contributed by atoms with Gasteiger partial charge < -0.3 is 4.98 Å². The summed E-state index contributed by atoms with van der Waals surface area (Å²) in [5.74, 6) is -0.331. The van der Waals surface area contributed by atoms with Crippen molar-refractivity contribution in [2.45, 2.75) is 37.8 Å². The lowest BCUT2D eigenvalue weighted by atomic mass is 9.81. The van der Waals surface area contributed by atoms with E-state index in [1.807, 2.05) is 6.07 Å². The second-order valence-electron chi connectivity index (χ2n) is 7.19. The molecule has 0 atom stereocenters. The van der Waals surface area contributed by atoms with Crippen LogP contribution in [0, 0.1) is 5.92 Å². The minimum Gasteiger partial charge on any atom is -0.346 e. The third-order valence-electron chi connectivity index (χ3n) is 5.18. The third kappa shape index (κ3) is 3.97. The molecule has 3 aromatic rings. The molecule has 0 amide bonds. The number of sulfonamides is 1. The first kappa shape index (κ1) is 19.1. The summed E-state index contributed by atoms with van der Waals surface area (Å²) in [7, 11) is -3.96. The van der Waals surface area contributed by atoms with E-state index >= 15 is 0 Å². The van der Waals surface area contributed by atoms with Crippen molar-refractivity contribution in [1.29, 1.82) is 0 Å². The van der Waals surface area contributed by atoms with Gasteiger partial charge in [-0.1, -0.05) is 5.21 Å². The molecule has 0 aliphatic heterocycles. The van der Waals surface area contributed by atoms with E-state index < -0.39 is 22.7 Å². The highest BCUT2D eigenvalue weighted by molar-refractivity contribution is 7.89. The van der Waals surface area contributed by atoms with Crippen molar-refractivity contribution in [3.8, 4) is 0 Å². The van der Waals surface area contributed by atoms with Crippen molar-refractivity contribution in [3.05, 3.63) is 24.3 Å². The Bertz CT molecular complexity index is 1080. The van der Waals surface area contributed by atoms with E-state index in [1.165, 1.54) is 0 Å². The SMILES string of the molecule is O=S(=O)(CC1CCC(c2nnn3cnc4[nH]ccc4c23)CC1)NCC(F)(F)F. The molecule has 12 heteroatoms. The Morgan fingerprint density at radius 1 is 1.25 bits per heavy atom. The molecule has 3 aromatic heterocycles. The standard InChI is InChI=1S/C16H19F3N6O2S/c17-16(18,19)8-22-28(26,27)7-10-1-3-11(4-2-10)13-14-12-5-6-20-15(12)21-9-25(14)24-23-13/h5-6,9-11,20,22H,1-4,7-8H2. The van der Waals surface area contributed by atoms with Crippen molar-refractivity contribution in [1.82, 2.24) is 29.5 Å². The topological polar surface area (TPSA) is 105 Å². The molecule has 1 aliphatic carbocycles. The van der Waals surface area contributed by atoms with Gasteiger partial charge in [0.2, 0.25) is 10.0 Å². The predicted octanol–water partition coefficient (Wildman–Crippen LogP) is 2.36.